The van der Waals surface area contributed by atoms with Crippen LogP contribution in [-0.4, -0.2) is 80.2 Å². The number of primary amides is 2. The Morgan fingerprint density at radius 2 is 0.969 bits per heavy atom. The summed E-state index contributed by atoms with van der Waals surface area (Å²) in [5, 5.41) is 18.8. The third kappa shape index (κ3) is 8.36. The topological polar surface area (TPSA) is 299 Å². The van der Waals surface area contributed by atoms with Crippen LogP contribution in [0, 0.1) is 0 Å². The highest BCUT2D eigenvalue weighted by Gasteiger charge is 2.47. The van der Waals surface area contributed by atoms with Crippen molar-refractivity contribution < 1.29 is 39.0 Å². The van der Waals surface area contributed by atoms with Gasteiger partial charge in [-0.1, -0.05) is 21.6 Å². The third-order valence-electron chi connectivity index (χ3n) is 4.38. The predicted molar refractivity (Wildman–Crippen MR) is 117 cm³/mol. The highest BCUT2D eigenvalue weighted by atomic mass is 33.1. The number of aliphatic carboxylic acids is 2. The van der Waals surface area contributed by atoms with Crippen LogP contribution in [0.15, 0.2) is 0 Å². The van der Waals surface area contributed by atoms with Gasteiger partial charge in [0.1, 0.15) is 0 Å². The monoisotopic (exact) mass is 496 g/mol. The Morgan fingerprint density at radius 1 is 0.688 bits per heavy atom. The SMILES string of the molecule is NC(=O)CC[C@H](N)C(=O)[C@](N)(CSSC[C@](N)(C(=O)O)C(=O)[C@@H](N)CCC(N)=O)C(=O)O. The van der Waals surface area contributed by atoms with Crippen LogP contribution in [0.3, 0.4) is 0 Å². The Bertz CT molecular complexity index is 707. The van der Waals surface area contributed by atoms with Gasteiger partial charge in [-0.15, -0.1) is 0 Å². The summed E-state index contributed by atoms with van der Waals surface area (Å²) in [5.74, 6) is -8.05. The number of carboxylic acids is 2. The molecule has 0 radical (unpaired) electrons. The van der Waals surface area contributed by atoms with Crippen LogP contribution in [0.4, 0.5) is 0 Å². The first-order valence-corrected chi connectivity index (χ1v) is 11.5. The molecule has 0 aliphatic heterocycles. The molecule has 0 aromatic carbocycles. The maximum absolute atomic E-state index is 12.4. The molecule has 0 aromatic rings. The highest BCUT2D eigenvalue weighted by molar-refractivity contribution is 8.76. The van der Waals surface area contributed by atoms with E-state index >= 15 is 0 Å². The highest BCUT2D eigenvalue weighted by Crippen LogP contribution is 2.30. The summed E-state index contributed by atoms with van der Waals surface area (Å²) < 4.78 is 0. The summed E-state index contributed by atoms with van der Waals surface area (Å²) in [7, 11) is 1.37. The molecule has 0 fully saturated rings. The van der Waals surface area contributed by atoms with Crippen molar-refractivity contribution in [3.8, 4) is 0 Å². The summed E-state index contributed by atoms with van der Waals surface area (Å²) >= 11 is 0. The quantitative estimate of drug-likeness (QED) is 0.0545. The molecule has 4 atom stereocenters. The Hall–Kier alpha value is -2.24. The fourth-order valence-corrected chi connectivity index (χ4v) is 4.95. The smallest absolute Gasteiger partial charge is 0.332 e. The van der Waals surface area contributed by atoms with E-state index in [4.69, 9.17) is 34.4 Å². The molecule has 2 amide bonds. The van der Waals surface area contributed by atoms with Crippen molar-refractivity contribution in [2.24, 2.45) is 34.4 Å². The molecule has 0 heterocycles. The molecular weight excluding hydrogens is 468 g/mol. The van der Waals surface area contributed by atoms with Gasteiger partial charge in [0, 0.05) is 24.3 Å². The Balaban J connectivity index is 5.16. The maximum Gasteiger partial charge on any atom is 0.332 e. The molecule has 14 N–H and O–H groups in total. The van der Waals surface area contributed by atoms with Crippen LogP contribution in [0.5, 0.6) is 0 Å². The minimum atomic E-state index is -2.45. The van der Waals surface area contributed by atoms with E-state index in [0.29, 0.717) is 21.6 Å². The van der Waals surface area contributed by atoms with Crippen molar-refractivity contribution in [3.63, 3.8) is 0 Å². The molecule has 0 aliphatic carbocycles. The molecule has 0 saturated heterocycles. The Kier molecular flexibility index (Phi) is 11.8. The lowest BCUT2D eigenvalue weighted by Gasteiger charge is -2.27. The third-order valence-corrected chi connectivity index (χ3v) is 6.90. The second kappa shape index (κ2) is 12.7. The van der Waals surface area contributed by atoms with E-state index in [-0.39, 0.29) is 25.7 Å². The number of hydrogen-bond donors (Lipinski definition) is 8. The van der Waals surface area contributed by atoms with Crippen LogP contribution in [-0.2, 0) is 28.8 Å². The van der Waals surface area contributed by atoms with E-state index < -0.39 is 70.0 Å². The van der Waals surface area contributed by atoms with Gasteiger partial charge >= 0.3 is 11.9 Å². The Labute approximate surface area is 190 Å². The second-order valence-corrected chi connectivity index (χ2v) is 9.49. The first-order chi connectivity index (χ1) is 14.6. The van der Waals surface area contributed by atoms with Crippen molar-refractivity contribution in [1.82, 2.24) is 0 Å². The lowest BCUT2D eigenvalue weighted by Crippen LogP contribution is -2.62. The van der Waals surface area contributed by atoms with Crippen molar-refractivity contribution in [2.45, 2.75) is 48.8 Å². The molecule has 0 aromatic heterocycles. The number of carboxylic acid groups (broad SMARTS) is 2. The molecule has 32 heavy (non-hydrogen) atoms. The lowest BCUT2D eigenvalue weighted by atomic mass is 9.90. The van der Waals surface area contributed by atoms with Gasteiger partial charge in [-0.05, 0) is 12.8 Å². The fraction of sp³-hybridized carbons (Fsp3) is 0.625. The van der Waals surface area contributed by atoms with E-state index in [0.717, 1.165) is 0 Å². The molecule has 0 unspecified atom stereocenters. The van der Waals surface area contributed by atoms with Crippen LogP contribution >= 0.6 is 21.6 Å². The molecule has 16 heteroatoms. The summed E-state index contributed by atoms with van der Waals surface area (Å²) in [4.78, 5) is 69.6. The van der Waals surface area contributed by atoms with Crippen molar-refractivity contribution >= 4 is 56.9 Å². The van der Waals surface area contributed by atoms with Gasteiger partial charge in [0.15, 0.2) is 22.6 Å². The van der Waals surface area contributed by atoms with Crippen LogP contribution in [0.2, 0.25) is 0 Å². The van der Waals surface area contributed by atoms with Crippen molar-refractivity contribution in [3.05, 3.63) is 0 Å². The number of carbonyl (C=O) groups excluding carboxylic acids is 4. The molecule has 14 nitrogen and oxygen atoms in total. The van der Waals surface area contributed by atoms with Gasteiger partial charge in [0.25, 0.3) is 0 Å². The van der Waals surface area contributed by atoms with Gasteiger partial charge in [0.2, 0.25) is 11.8 Å². The zero-order chi connectivity index (χ0) is 25.3. The van der Waals surface area contributed by atoms with E-state index in [1.165, 1.54) is 0 Å². The van der Waals surface area contributed by atoms with Crippen molar-refractivity contribution in [2.75, 3.05) is 11.5 Å². The fourth-order valence-electron chi connectivity index (χ4n) is 2.27. The van der Waals surface area contributed by atoms with Gasteiger partial charge in [0.05, 0.1) is 12.1 Å². The molecular formula is C16H28N6O8S2. The van der Waals surface area contributed by atoms with Crippen molar-refractivity contribution in [1.29, 1.82) is 0 Å². The zero-order valence-corrected chi connectivity index (χ0v) is 18.7. The average Bonchev–Trinajstić information content (AvgIpc) is 2.71. The largest absolute Gasteiger partial charge is 0.480 e. The molecule has 0 spiro atoms. The van der Waals surface area contributed by atoms with Crippen LogP contribution < -0.4 is 34.4 Å². The minimum absolute atomic E-state index is 0.208. The zero-order valence-electron chi connectivity index (χ0n) is 17.0. The van der Waals surface area contributed by atoms with E-state index in [1.807, 2.05) is 0 Å². The number of ketones is 2. The summed E-state index contributed by atoms with van der Waals surface area (Å²) in [6.07, 6.45) is -0.921. The van der Waals surface area contributed by atoms with Gasteiger partial charge in [-0.25, -0.2) is 9.59 Å². The normalized spacial score (nSPS) is 16.8. The van der Waals surface area contributed by atoms with E-state index in [1.54, 1.807) is 0 Å². The Morgan fingerprint density at radius 3 is 1.19 bits per heavy atom. The summed E-state index contributed by atoms with van der Waals surface area (Å²) in [6, 6.07) is -2.74. The van der Waals surface area contributed by atoms with E-state index in [2.05, 4.69) is 0 Å². The van der Waals surface area contributed by atoms with Crippen LogP contribution in [0.1, 0.15) is 25.7 Å². The maximum atomic E-state index is 12.4. The summed E-state index contributed by atoms with van der Waals surface area (Å²) in [5.41, 5.74) is 27.7. The number of Topliss-reactive ketones (excluding diaryl/α,β-unsaturated/α-hetero) is 2. The molecule has 182 valence electrons. The van der Waals surface area contributed by atoms with Crippen LogP contribution in [0.25, 0.3) is 0 Å². The average molecular weight is 497 g/mol. The minimum Gasteiger partial charge on any atom is -0.480 e. The number of hydrogen-bond acceptors (Lipinski definition) is 12. The van der Waals surface area contributed by atoms with Gasteiger partial charge < -0.3 is 44.6 Å². The van der Waals surface area contributed by atoms with Gasteiger partial charge in [-0.2, -0.15) is 0 Å². The second-order valence-electron chi connectivity index (χ2n) is 7.03. The van der Waals surface area contributed by atoms with Gasteiger partial charge in [-0.3, -0.25) is 19.2 Å². The lowest BCUT2D eigenvalue weighted by molar-refractivity contribution is -0.149. The molecule has 0 aliphatic rings. The number of amides is 2. The number of nitrogens with two attached hydrogens (primary N) is 6. The first-order valence-electron chi connectivity index (χ1n) is 9.05. The standard InChI is InChI=1S/C16H28N6O8S2/c17-7(1-3-9(19)23)11(25)15(21,13(27)28)5-31-32-6-16(22,14(29)30)12(26)8(18)2-4-10(20)24/h7-8H,1-6,17-18,21-22H2,(H2,19,23)(H2,20,24)(H,27,28)(H,29,30)/t7-,8-,15+,16+/m0/s1. The molecule has 0 saturated carbocycles. The number of rotatable bonds is 17. The number of carbonyl (C=O) groups is 6. The molecule has 0 rings (SSSR count). The van der Waals surface area contributed by atoms with E-state index in [9.17, 15) is 39.0 Å². The molecule has 0 bridgehead atoms. The first kappa shape index (κ1) is 29.8. The predicted octanol–water partition coefficient (Wildman–Crippen LogP) is -3.74. The summed E-state index contributed by atoms with van der Waals surface area (Å²) in [6.45, 7) is 0.